The van der Waals surface area contributed by atoms with Crippen LogP contribution in [0, 0.1) is 0 Å². The van der Waals surface area contributed by atoms with Crippen LogP contribution in [0.4, 0.5) is 0 Å². The van der Waals surface area contributed by atoms with Crippen molar-refractivity contribution in [2.45, 2.75) is 316 Å². The number of rotatable bonds is 71. The summed E-state index contributed by atoms with van der Waals surface area (Å²) in [6, 6.07) is 0. The highest BCUT2D eigenvalue weighted by molar-refractivity contribution is 7.47. The van der Waals surface area contributed by atoms with Crippen LogP contribution in [0.3, 0.4) is 0 Å². The van der Waals surface area contributed by atoms with Gasteiger partial charge < -0.3 is 33.8 Å². The maximum absolute atomic E-state index is 13.1. The van der Waals surface area contributed by atoms with Gasteiger partial charge in [0.15, 0.2) is 12.2 Å². The fraction of sp³-hybridized carbons (Fsp3) is 0.679. The summed E-state index contributed by atoms with van der Waals surface area (Å²) < 4.78 is 68.4. The smallest absolute Gasteiger partial charge is 0.462 e. The largest absolute Gasteiger partial charge is 0.472 e. The summed E-state index contributed by atoms with van der Waals surface area (Å²) in [4.78, 5) is 72.9. The average Bonchev–Trinajstić information content (AvgIpc) is 1.06. The Kier molecular flexibility index (Phi) is 69.1. The van der Waals surface area contributed by atoms with Gasteiger partial charge in [-0.25, -0.2) is 9.13 Å². The van der Waals surface area contributed by atoms with Crippen LogP contribution < -0.4 is 0 Å². The maximum atomic E-state index is 13.1. The molecule has 0 aliphatic rings. The van der Waals surface area contributed by atoms with Crippen LogP contribution in [-0.4, -0.2) is 96.7 Å². The fourth-order valence-electron chi connectivity index (χ4n) is 9.86. The van der Waals surface area contributed by atoms with Crippen LogP contribution in [0.2, 0.25) is 0 Å². The van der Waals surface area contributed by atoms with Crippen molar-refractivity contribution in [3.8, 4) is 0 Å². The van der Waals surface area contributed by atoms with Gasteiger partial charge in [-0.2, -0.15) is 0 Å². The Balaban J connectivity index is 5.42. The predicted octanol–water partition coefficient (Wildman–Crippen LogP) is 22.1. The number of allylic oxidation sites excluding steroid dienone is 22. The number of ether oxygens (including phenoxy) is 4. The molecule has 572 valence electrons. The number of aliphatic hydroxyl groups is 1. The summed E-state index contributed by atoms with van der Waals surface area (Å²) in [6.45, 7) is 4.44. The van der Waals surface area contributed by atoms with Crippen molar-refractivity contribution in [1.29, 1.82) is 0 Å². The zero-order chi connectivity index (χ0) is 73.2. The minimum atomic E-state index is -5.00. The van der Waals surface area contributed by atoms with Gasteiger partial charge in [-0.05, 0) is 135 Å². The molecule has 5 atom stereocenters. The first-order valence-corrected chi connectivity index (χ1v) is 41.4. The van der Waals surface area contributed by atoms with Gasteiger partial charge in [0.2, 0.25) is 0 Å². The van der Waals surface area contributed by atoms with Crippen molar-refractivity contribution in [2.75, 3.05) is 39.6 Å². The molecule has 0 saturated heterocycles. The number of esters is 4. The highest BCUT2D eigenvalue weighted by Gasteiger charge is 2.30. The van der Waals surface area contributed by atoms with Crippen LogP contribution in [0.15, 0.2) is 134 Å². The molecule has 0 amide bonds. The van der Waals surface area contributed by atoms with Gasteiger partial charge >= 0.3 is 39.5 Å². The number of carbonyl (C=O) groups excluding carboxylic acids is 4. The zero-order valence-electron chi connectivity index (χ0n) is 62.3. The molecule has 0 aromatic heterocycles. The average molecular weight is 1440 g/mol. The van der Waals surface area contributed by atoms with Gasteiger partial charge in [0.05, 0.1) is 26.4 Å². The highest BCUT2D eigenvalue weighted by atomic mass is 31.2. The van der Waals surface area contributed by atoms with E-state index < -0.39 is 97.5 Å². The molecule has 0 spiro atoms. The summed E-state index contributed by atoms with van der Waals surface area (Å²) in [6.07, 6.45) is 80.1. The lowest BCUT2D eigenvalue weighted by molar-refractivity contribution is -0.161. The van der Waals surface area contributed by atoms with E-state index in [0.717, 1.165) is 161 Å². The minimum absolute atomic E-state index is 0.0336. The maximum Gasteiger partial charge on any atom is 0.472 e. The molecule has 0 aromatic rings. The van der Waals surface area contributed by atoms with Crippen molar-refractivity contribution in [1.82, 2.24) is 0 Å². The van der Waals surface area contributed by atoms with E-state index in [0.29, 0.717) is 32.1 Å². The van der Waals surface area contributed by atoms with E-state index in [2.05, 4.69) is 161 Å². The zero-order valence-corrected chi connectivity index (χ0v) is 64.1. The number of hydrogen-bond acceptors (Lipinski definition) is 15. The van der Waals surface area contributed by atoms with Crippen LogP contribution in [-0.2, 0) is 65.4 Å². The Morgan fingerprint density at radius 2 is 0.520 bits per heavy atom. The highest BCUT2D eigenvalue weighted by Crippen LogP contribution is 2.45. The van der Waals surface area contributed by atoms with Crippen molar-refractivity contribution in [3.05, 3.63) is 134 Å². The second-order valence-electron chi connectivity index (χ2n) is 25.2. The van der Waals surface area contributed by atoms with E-state index in [1.165, 1.54) is 51.4 Å². The first kappa shape index (κ1) is 95.2. The van der Waals surface area contributed by atoms with Gasteiger partial charge in [0.25, 0.3) is 0 Å². The summed E-state index contributed by atoms with van der Waals surface area (Å²) in [7, 11) is -9.98. The first-order chi connectivity index (χ1) is 48.7. The summed E-state index contributed by atoms with van der Waals surface area (Å²) in [5.41, 5.74) is 0. The van der Waals surface area contributed by atoms with Crippen LogP contribution >= 0.6 is 15.6 Å². The van der Waals surface area contributed by atoms with Crippen LogP contribution in [0.5, 0.6) is 0 Å². The van der Waals surface area contributed by atoms with E-state index in [-0.39, 0.29) is 25.7 Å². The number of carbonyl (C=O) groups is 4. The van der Waals surface area contributed by atoms with E-state index in [1.54, 1.807) is 0 Å². The quantitative estimate of drug-likeness (QED) is 0.0169. The third-order valence-electron chi connectivity index (χ3n) is 15.6. The van der Waals surface area contributed by atoms with Crippen LogP contribution in [0.25, 0.3) is 0 Å². The van der Waals surface area contributed by atoms with Crippen molar-refractivity contribution in [2.24, 2.45) is 0 Å². The molecule has 5 unspecified atom stereocenters. The Hall–Kier alpha value is -4.80. The summed E-state index contributed by atoms with van der Waals surface area (Å²) in [5, 5.41) is 10.6. The fourth-order valence-corrected chi connectivity index (χ4v) is 11.4. The molecule has 19 heteroatoms. The van der Waals surface area contributed by atoms with E-state index >= 15 is 0 Å². The molecular formula is C81H136O17P2. The molecule has 0 rings (SSSR count). The van der Waals surface area contributed by atoms with E-state index in [1.807, 2.05) is 0 Å². The normalized spacial score (nSPS) is 14.7. The van der Waals surface area contributed by atoms with Crippen molar-refractivity contribution < 1.29 is 80.2 Å². The lowest BCUT2D eigenvalue weighted by atomic mass is 10.0. The Morgan fingerprint density at radius 3 is 0.820 bits per heavy atom. The number of phosphoric ester groups is 2. The predicted molar refractivity (Wildman–Crippen MR) is 408 cm³/mol. The van der Waals surface area contributed by atoms with Crippen molar-refractivity contribution in [3.63, 3.8) is 0 Å². The second kappa shape index (κ2) is 72.5. The molecule has 3 N–H and O–H groups in total. The Bertz CT molecular complexity index is 2420. The van der Waals surface area contributed by atoms with E-state index in [4.69, 9.17) is 37.0 Å². The molecular weight excluding hydrogens is 1310 g/mol. The van der Waals surface area contributed by atoms with E-state index in [9.17, 15) is 43.2 Å². The molecule has 0 aromatic carbocycles. The lowest BCUT2D eigenvalue weighted by Crippen LogP contribution is -2.30. The first-order valence-electron chi connectivity index (χ1n) is 38.4. The number of phosphoric acid groups is 2. The second-order valence-corrected chi connectivity index (χ2v) is 28.1. The lowest BCUT2D eigenvalue weighted by Gasteiger charge is -2.21. The third kappa shape index (κ3) is 71.6. The van der Waals surface area contributed by atoms with Gasteiger partial charge in [-0.15, -0.1) is 0 Å². The molecule has 0 heterocycles. The molecule has 0 aliphatic carbocycles. The molecule has 0 radical (unpaired) electrons. The number of unbranched alkanes of at least 4 members (excludes halogenated alkanes) is 23. The molecule has 0 saturated carbocycles. The standard InChI is InChI=1S/C81H136O17P2/c1-5-9-13-17-21-25-29-33-36-37-40-43-46-50-54-58-62-66-79(84)92-72-77(98-81(86)68-64-60-56-52-48-44-39-35-31-27-23-19-15-11-7-3)74-96-100(89,90)94-70-75(82)69-93-99(87,88)95-73-76(97-80(85)67-63-59-55-51-47-41-32-28-24-20-16-12-8-4)71-91-78(83)65-61-57-53-49-45-42-38-34-30-26-22-18-14-10-6-2/h9-11,13-15,21-23,25-27,33-36,38-40,43,48,52,75-77,82H,5-8,12,16-20,24,28-32,37,41-42,44-47,49-51,53-74H2,1-4H3,(H,87,88)(H,89,90)/b13-9-,14-10-,15-11-,25-21-,26-22-,27-23-,36-33-,38-34-,39-35-,43-40-,52-48-. The molecule has 0 aliphatic heterocycles. The summed E-state index contributed by atoms with van der Waals surface area (Å²) >= 11 is 0. The van der Waals surface area contributed by atoms with Crippen molar-refractivity contribution >= 4 is 39.5 Å². The Labute approximate surface area is 605 Å². The molecule has 0 fully saturated rings. The minimum Gasteiger partial charge on any atom is -0.462 e. The van der Waals surface area contributed by atoms with Gasteiger partial charge in [0, 0.05) is 25.7 Å². The number of aliphatic hydroxyl groups excluding tert-OH is 1. The third-order valence-corrected chi connectivity index (χ3v) is 17.5. The molecule has 100 heavy (non-hydrogen) atoms. The van der Waals surface area contributed by atoms with Gasteiger partial charge in [-0.1, -0.05) is 271 Å². The SMILES string of the molecule is CC/C=C\C/C=C\C/C=C\C/C=C\CCCCCCC(=O)OCC(COP(=O)(O)OCC(O)COP(=O)(O)OCC(COC(=O)CCCCCCC/C=C\C/C=C\C/C=C\CC)OC(=O)CCCCCCCCCCCCCCC)OC(=O)CCCC/C=C\C/C=C\C/C=C\C/C=C\CC. The monoisotopic (exact) mass is 1440 g/mol. The molecule has 17 nitrogen and oxygen atoms in total. The van der Waals surface area contributed by atoms with Gasteiger partial charge in [0.1, 0.15) is 19.3 Å². The summed E-state index contributed by atoms with van der Waals surface area (Å²) in [5.74, 6) is -2.27. The number of hydrogen-bond donors (Lipinski definition) is 3. The Morgan fingerprint density at radius 1 is 0.290 bits per heavy atom. The van der Waals surface area contributed by atoms with Crippen LogP contribution in [0.1, 0.15) is 297 Å². The molecule has 0 bridgehead atoms. The van der Waals surface area contributed by atoms with Gasteiger partial charge in [-0.3, -0.25) is 37.3 Å². The topological polar surface area (TPSA) is 237 Å².